The Bertz CT molecular complexity index is 1080. The largest absolute Gasteiger partial charge is 0.472 e. The highest BCUT2D eigenvalue weighted by molar-refractivity contribution is 6.35. The average molecular weight is 514 g/mol. The zero-order chi connectivity index (χ0) is 26.0. The number of carbonyl (C=O) groups is 2. The van der Waals surface area contributed by atoms with Crippen molar-refractivity contribution in [2.45, 2.75) is 0 Å². The first-order chi connectivity index (χ1) is 15.2. The average Bonchev–Trinajstić information content (AvgIpc) is 2.66. The lowest BCUT2D eigenvalue weighted by Gasteiger charge is -1.94. The van der Waals surface area contributed by atoms with Gasteiger partial charge in [0.05, 0.1) is 5.02 Å². The molecular weight excluding hydrogens is 495 g/mol. The van der Waals surface area contributed by atoms with Crippen molar-refractivity contribution in [1.29, 1.82) is 10.8 Å². The molecule has 0 radical (unpaired) electrons. The first-order valence-corrected chi connectivity index (χ1v) is 9.27. The predicted octanol–water partition coefficient (Wildman–Crippen LogP) is 1.88. The Morgan fingerprint density at radius 2 is 1.12 bits per heavy atom. The van der Waals surface area contributed by atoms with Gasteiger partial charge in [-0.3, -0.25) is 10.8 Å². The molecule has 0 aliphatic heterocycles. The molecule has 0 spiro atoms. The van der Waals surface area contributed by atoms with Crippen molar-refractivity contribution in [3.05, 3.63) is 68.7 Å². The second-order valence-corrected chi connectivity index (χ2v) is 6.43. The Morgan fingerprint density at radius 1 is 0.727 bits per heavy atom. The molecule has 0 atom stereocenters. The number of carboxylic acid groups (broad SMARTS) is 2. The highest BCUT2D eigenvalue weighted by Crippen LogP contribution is 2.19. The second-order valence-electron chi connectivity index (χ2n) is 5.15. The van der Waals surface area contributed by atoms with Crippen molar-refractivity contribution in [2.75, 3.05) is 0 Å². The Morgan fingerprint density at radius 3 is 1.52 bits per heavy atom. The number of guanidine groups is 2. The van der Waals surface area contributed by atoms with Crippen LogP contribution in [0.2, 0.25) is 15.1 Å². The molecule has 0 saturated heterocycles. The molecule has 13 heteroatoms. The number of halogens is 3. The van der Waals surface area contributed by atoms with Crippen LogP contribution in [0.25, 0.3) is 0 Å². The Balaban J connectivity index is 0. The second kappa shape index (κ2) is 17.6. The van der Waals surface area contributed by atoms with Gasteiger partial charge in [-0.25, -0.2) is 9.59 Å². The molecule has 2 rings (SSSR count). The normalized spacial score (nSPS) is 7.97. The molecule has 0 amide bonds. The molecule has 0 heterocycles. The van der Waals surface area contributed by atoms with Gasteiger partial charge in [-0.2, -0.15) is 0 Å². The van der Waals surface area contributed by atoms with Crippen molar-refractivity contribution >= 4 is 58.7 Å². The van der Waals surface area contributed by atoms with Crippen LogP contribution >= 0.6 is 34.8 Å². The topological polar surface area (TPSA) is 226 Å². The van der Waals surface area contributed by atoms with E-state index in [1.165, 1.54) is 6.07 Å². The highest BCUT2D eigenvalue weighted by Gasteiger charge is 1.97. The number of benzene rings is 2. The maximum absolute atomic E-state index is 10.1. The summed E-state index contributed by atoms with van der Waals surface area (Å²) >= 11 is 17.0. The minimum Gasteiger partial charge on any atom is -0.472 e. The van der Waals surface area contributed by atoms with Gasteiger partial charge in [-0.05, 0) is 42.5 Å². The Labute approximate surface area is 204 Å². The minimum atomic E-state index is -1.19. The molecule has 2 aromatic rings. The third-order valence-corrected chi connectivity index (χ3v) is 3.19. The molecule has 174 valence electrons. The number of rotatable bonds is 0. The molecule has 33 heavy (non-hydrogen) atoms. The molecule has 12 N–H and O–H groups in total. The highest BCUT2D eigenvalue weighted by atomic mass is 35.5. The van der Waals surface area contributed by atoms with Gasteiger partial charge in [0.1, 0.15) is 0 Å². The molecule has 0 aliphatic carbocycles. The number of nitrogens with two attached hydrogens (primary N) is 4. The zero-order valence-corrected chi connectivity index (χ0v) is 19.0. The maximum atomic E-state index is 10.1. The van der Waals surface area contributed by atoms with Crippen LogP contribution in [0, 0.1) is 34.5 Å². The van der Waals surface area contributed by atoms with Crippen LogP contribution in [0.5, 0.6) is 0 Å². The molecule has 0 fully saturated rings. The van der Waals surface area contributed by atoms with E-state index in [0.29, 0.717) is 26.2 Å². The summed E-state index contributed by atoms with van der Waals surface area (Å²) in [4.78, 5) is 20.1. The summed E-state index contributed by atoms with van der Waals surface area (Å²) in [7, 11) is 0. The fourth-order valence-electron chi connectivity index (χ4n) is 1.37. The summed E-state index contributed by atoms with van der Waals surface area (Å²) in [6, 6.07) is 11.3. The van der Waals surface area contributed by atoms with Crippen LogP contribution in [0.4, 0.5) is 0 Å². The zero-order valence-electron chi connectivity index (χ0n) is 16.7. The standard InChI is InChI=1S/C9H4Cl2O2.C9H5ClO2.2CH5N3/c10-7-3-1-6(8(11)5-7)2-4-9(12)13;10-8-4-1-7(2-5-8)3-6-9(11)12;2*2-1(3)4/h1,3,5H,(H,12,13);1-2,4-5H,(H,11,12);2*(H5,2,3,4). The van der Waals surface area contributed by atoms with Crippen LogP contribution in [0.15, 0.2) is 42.5 Å². The Hall–Kier alpha value is -4.09. The molecule has 0 unspecified atom stereocenters. The van der Waals surface area contributed by atoms with Crippen LogP contribution in [-0.2, 0) is 9.59 Å². The van der Waals surface area contributed by atoms with E-state index < -0.39 is 11.9 Å². The molecule has 2 aromatic carbocycles. The first kappa shape index (κ1) is 31.1. The third-order valence-electron chi connectivity index (χ3n) is 2.39. The molecule has 0 aromatic heterocycles. The van der Waals surface area contributed by atoms with E-state index in [0.717, 1.165) is 0 Å². The van der Waals surface area contributed by atoms with Crippen molar-refractivity contribution < 1.29 is 19.8 Å². The smallest absolute Gasteiger partial charge is 0.382 e. The monoisotopic (exact) mass is 512 g/mol. The van der Waals surface area contributed by atoms with E-state index in [4.69, 9.17) is 55.8 Å². The van der Waals surface area contributed by atoms with Crippen LogP contribution in [0.1, 0.15) is 11.1 Å². The van der Waals surface area contributed by atoms with E-state index in [1.54, 1.807) is 36.4 Å². The van der Waals surface area contributed by atoms with Crippen LogP contribution in [-0.4, -0.2) is 34.1 Å². The van der Waals surface area contributed by atoms with Crippen molar-refractivity contribution in [3.8, 4) is 23.7 Å². The third kappa shape index (κ3) is 22.4. The van der Waals surface area contributed by atoms with Gasteiger partial charge in [0.25, 0.3) is 0 Å². The number of aliphatic carboxylic acids is 2. The summed E-state index contributed by atoms with van der Waals surface area (Å²) < 4.78 is 0. The van der Waals surface area contributed by atoms with E-state index in [9.17, 15) is 9.59 Å². The fraction of sp³-hybridized carbons (Fsp3) is 0. The van der Waals surface area contributed by atoms with Gasteiger partial charge in [0, 0.05) is 33.0 Å². The maximum Gasteiger partial charge on any atom is 0.382 e. The van der Waals surface area contributed by atoms with Gasteiger partial charge in [0.15, 0.2) is 11.9 Å². The van der Waals surface area contributed by atoms with Gasteiger partial charge < -0.3 is 33.1 Å². The quantitative estimate of drug-likeness (QED) is 0.147. The van der Waals surface area contributed by atoms with Gasteiger partial charge >= 0.3 is 11.9 Å². The lowest BCUT2D eigenvalue weighted by molar-refractivity contribution is -0.131. The molecule has 10 nitrogen and oxygen atoms in total. The first-order valence-electron chi connectivity index (χ1n) is 8.14. The Kier molecular flexibility index (Phi) is 16.6. The number of carboxylic acids is 2. The summed E-state index contributed by atoms with van der Waals surface area (Å²) in [5.41, 5.74) is 19.0. The summed E-state index contributed by atoms with van der Waals surface area (Å²) in [5.74, 6) is 5.84. The van der Waals surface area contributed by atoms with E-state index in [2.05, 4.69) is 34.8 Å². The number of hydrogen-bond acceptors (Lipinski definition) is 4. The van der Waals surface area contributed by atoms with E-state index >= 15 is 0 Å². The fourth-order valence-corrected chi connectivity index (χ4v) is 1.95. The van der Waals surface area contributed by atoms with E-state index in [-0.39, 0.29) is 11.9 Å². The number of hydrogen-bond donors (Lipinski definition) is 8. The van der Waals surface area contributed by atoms with Gasteiger partial charge in [0.2, 0.25) is 0 Å². The summed E-state index contributed by atoms with van der Waals surface area (Å²) in [6.07, 6.45) is 0. The lowest BCUT2D eigenvalue weighted by atomic mass is 10.2. The van der Waals surface area contributed by atoms with Crippen LogP contribution < -0.4 is 22.9 Å². The number of nitrogens with one attached hydrogen (secondary N) is 2. The molecular formula is C20H19Cl3N6O4. The molecule has 0 bridgehead atoms. The summed E-state index contributed by atoms with van der Waals surface area (Å²) in [5, 5.41) is 30.1. The van der Waals surface area contributed by atoms with Gasteiger partial charge in [-0.15, -0.1) is 0 Å². The van der Waals surface area contributed by atoms with Gasteiger partial charge in [-0.1, -0.05) is 46.6 Å². The minimum absolute atomic E-state index is 0.333. The predicted molar refractivity (Wildman–Crippen MR) is 129 cm³/mol. The van der Waals surface area contributed by atoms with Crippen molar-refractivity contribution in [1.82, 2.24) is 0 Å². The van der Waals surface area contributed by atoms with Crippen molar-refractivity contribution in [3.63, 3.8) is 0 Å². The lowest BCUT2D eigenvalue weighted by Crippen LogP contribution is -2.20. The molecule has 0 aliphatic rings. The SMILES string of the molecule is N=C(N)N.N=C(N)N.O=C(O)C#Cc1ccc(Cl)cc1.O=C(O)C#Cc1ccc(Cl)cc1Cl. The van der Waals surface area contributed by atoms with Crippen LogP contribution in [0.3, 0.4) is 0 Å². The summed E-state index contributed by atoms with van der Waals surface area (Å²) in [6.45, 7) is 0. The molecule has 0 saturated carbocycles. The van der Waals surface area contributed by atoms with Crippen molar-refractivity contribution in [2.24, 2.45) is 22.9 Å². The van der Waals surface area contributed by atoms with E-state index in [1.807, 2.05) is 11.8 Å².